The molecule has 182 valence electrons. The van der Waals surface area contributed by atoms with E-state index in [9.17, 15) is 14.4 Å². The van der Waals surface area contributed by atoms with Crippen molar-refractivity contribution in [3.8, 4) is 11.5 Å². The molecular formula is C23H24N6O6. The number of hydrogen-bond donors (Lipinski definition) is 3. The number of carbonyl (C=O) groups is 2. The highest BCUT2D eigenvalue weighted by Crippen LogP contribution is 2.27. The Morgan fingerprint density at radius 3 is 2.63 bits per heavy atom. The van der Waals surface area contributed by atoms with Crippen molar-refractivity contribution in [2.24, 2.45) is 5.10 Å². The maximum atomic E-state index is 12.3. The van der Waals surface area contributed by atoms with Crippen molar-refractivity contribution in [3.05, 3.63) is 69.8 Å². The normalized spacial score (nSPS) is 10.6. The number of nitrogens with zero attached hydrogens (tertiary/aromatic N) is 3. The van der Waals surface area contributed by atoms with E-state index in [1.54, 1.807) is 56.3 Å². The van der Waals surface area contributed by atoms with E-state index in [4.69, 9.17) is 14.2 Å². The first-order valence-electron chi connectivity index (χ1n) is 10.5. The molecule has 0 unspecified atom stereocenters. The predicted octanol–water partition coefficient (Wildman–Crippen LogP) is 2.12. The van der Waals surface area contributed by atoms with Crippen molar-refractivity contribution in [2.45, 2.75) is 13.8 Å². The summed E-state index contributed by atoms with van der Waals surface area (Å²) in [7, 11) is 1.47. The second-order valence-electron chi connectivity index (χ2n) is 6.99. The standard InChI is InChI=1S/C23H24N6O6/c1-4-34-22(31)16-6-8-17(9-7-16)25-20(30)13-35-18-10-5-15(11-19(18)33-3)12-24-28-21-14(2)27-29-23(32)26-21/h5-12H,4,13H2,1-3H3,(H,25,30)(H2,26,28,29,32)/b24-12-. The average Bonchev–Trinajstić information content (AvgIpc) is 2.85. The Bertz CT molecular complexity index is 1270. The molecule has 12 heteroatoms. The number of methoxy groups -OCH3 is 1. The minimum absolute atomic E-state index is 0.235. The third-order valence-electron chi connectivity index (χ3n) is 4.49. The van der Waals surface area contributed by atoms with Crippen LogP contribution in [0.1, 0.15) is 28.5 Å². The van der Waals surface area contributed by atoms with Gasteiger partial charge in [-0.05, 0) is 61.9 Å². The molecule has 0 bridgehead atoms. The van der Waals surface area contributed by atoms with Crippen molar-refractivity contribution in [1.29, 1.82) is 0 Å². The summed E-state index contributed by atoms with van der Waals surface area (Å²) in [6.45, 7) is 3.43. The Morgan fingerprint density at radius 1 is 1.14 bits per heavy atom. The van der Waals surface area contributed by atoms with Gasteiger partial charge in [-0.25, -0.2) is 14.7 Å². The quantitative estimate of drug-likeness (QED) is 0.225. The molecule has 3 aromatic rings. The van der Waals surface area contributed by atoms with Crippen LogP contribution in [0.3, 0.4) is 0 Å². The van der Waals surface area contributed by atoms with Gasteiger partial charge in [-0.1, -0.05) is 0 Å². The van der Waals surface area contributed by atoms with Crippen LogP contribution < -0.4 is 25.9 Å². The van der Waals surface area contributed by atoms with Gasteiger partial charge in [0.25, 0.3) is 5.91 Å². The van der Waals surface area contributed by atoms with Gasteiger partial charge < -0.3 is 19.5 Å². The summed E-state index contributed by atoms with van der Waals surface area (Å²) in [4.78, 5) is 39.0. The second kappa shape index (κ2) is 11.9. The molecule has 0 radical (unpaired) electrons. The molecule has 2 aromatic carbocycles. The minimum Gasteiger partial charge on any atom is -0.493 e. The van der Waals surface area contributed by atoms with E-state index in [0.717, 1.165) is 0 Å². The zero-order valence-corrected chi connectivity index (χ0v) is 19.3. The molecule has 1 heterocycles. The Morgan fingerprint density at radius 2 is 1.91 bits per heavy atom. The fraction of sp³-hybridized carbons (Fsp3) is 0.217. The lowest BCUT2D eigenvalue weighted by molar-refractivity contribution is -0.118. The van der Waals surface area contributed by atoms with Crippen molar-refractivity contribution >= 4 is 29.6 Å². The summed E-state index contributed by atoms with van der Waals surface area (Å²) in [6, 6.07) is 11.4. The zero-order chi connectivity index (χ0) is 25.2. The summed E-state index contributed by atoms with van der Waals surface area (Å²) in [5.41, 5.74) is 4.13. The molecule has 0 aliphatic carbocycles. The number of H-pyrrole nitrogens is 1. The van der Waals surface area contributed by atoms with Gasteiger partial charge in [-0.3, -0.25) is 10.2 Å². The number of hydrogen-bond acceptors (Lipinski definition) is 10. The van der Waals surface area contributed by atoms with Gasteiger partial charge in [0.2, 0.25) is 0 Å². The first kappa shape index (κ1) is 24.9. The lowest BCUT2D eigenvalue weighted by Gasteiger charge is -2.11. The van der Waals surface area contributed by atoms with Gasteiger partial charge >= 0.3 is 11.7 Å². The number of nitrogens with one attached hydrogen (secondary N) is 3. The van der Waals surface area contributed by atoms with E-state index in [2.05, 4.69) is 31.0 Å². The van der Waals surface area contributed by atoms with E-state index in [1.807, 2.05) is 0 Å². The Hall–Kier alpha value is -4.74. The monoisotopic (exact) mass is 480 g/mol. The number of carbonyl (C=O) groups excluding carboxylic acids is 2. The topological polar surface area (TPSA) is 157 Å². The van der Waals surface area contributed by atoms with Crippen LogP contribution in [0.4, 0.5) is 11.5 Å². The van der Waals surface area contributed by atoms with Crippen LogP contribution >= 0.6 is 0 Å². The van der Waals surface area contributed by atoms with Crippen LogP contribution in [-0.4, -0.2) is 53.6 Å². The van der Waals surface area contributed by atoms with Gasteiger partial charge in [0.1, 0.15) is 5.69 Å². The van der Waals surface area contributed by atoms with Gasteiger partial charge in [-0.2, -0.15) is 15.2 Å². The Kier molecular flexibility index (Phi) is 8.48. The number of rotatable bonds is 10. The summed E-state index contributed by atoms with van der Waals surface area (Å²) in [6.07, 6.45) is 1.50. The molecular weight excluding hydrogens is 456 g/mol. The number of aryl methyl sites for hydroxylation is 1. The molecule has 35 heavy (non-hydrogen) atoms. The van der Waals surface area contributed by atoms with Gasteiger partial charge in [0.05, 0.1) is 25.5 Å². The van der Waals surface area contributed by atoms with E-state index in [1.165, 1.54) is 13.3 Å². The molecule has 3 N–H and O–H groups in total. The number of hydrazone groups is 1. The molecule has 0 saturated carbocycles. The highest BCUT2D eigenvalue weighted by Gasteiger charge is 2.10. The third-order valence-corrected chi connectivity index (χ3v) is 4.49. The average molecular weight is 480 g/mol. The number of benzene rings is 2. The molecule has 12 nitrogen and oxygen atoms in total. The maximum Gasteiger partial charge on any atom is 0.363 e. The summed E-state index contributed by atoms with van der Waals surface area (Å²) in [5.74, 6) is 0.178. The van der Waals surface area contributed by atoms with Crippen LogP contribution in [0.2, 0.25) is 0 Å². The number of esters is 1. The number of anilines is 2. The molecule has 1 amide bonds. The van der Waals surface area contributed by atoms with Crippen molar-refractivity contribution in [1.82, 2.24) is 15.2 Å². The smallest absolute Gasteiger partial charge is 0.363 e. The van der Waals surface area contributed by atoms with E-state index < -0.39 is 11.7 Å². The molecule has 0 aliphatic heterocycles. The number of ether oxygens (including phenoxy) is 3. The summed E-state index contributed by atoms with van der Waals surface area (Å²) >= 11 is 0. The SMILES string of the molecule is CCOC(=O)c1ccc(NC(=O)COc2ccc(/C=N\Nc3nc(=O)[nH]nc3C)cc2OC)cc1. The maximum absolute atomic E-state index is 12.3. The van der Waals surface area contributed by atoms with Gasteiger partial charge in [0, 0.05) is 5.69 Å². The van der Waals surface area contributed by atoms with Crippen molar-refractivity contribution in [3.63, 3.8) is 0 Å². The third kappa shape index (κ3) is 7.12. The molecule has 0 saturated heterocycles. The van der Waals surface area contributed by atoms with Crippen molar-refractivity contribution in [2.75, 3.05) is 31.1 Å². The fourth-order valence-electron chi connectivity index (χ4n) is 2.79. The molecule has 1 aromatic heterocycles. The van der Waals surface area contributed by atoms with Crippen LogP contribution in [0.25, 0.3) is 0 Å². The van der Waals surface area contributed by atoms with Gasteiger partial charge in [-0.15, -0.1) is 0 Å². The minimum atomic E-state index is -0.589. The lowest BCUT2D eigenvalue weighted by Crippen LogP contribution is -2.20. The van der Waals surface area contributed by atoms with E-state index in [-0.39, 0.29) is 24.9 Å². The number of amides is 1. The predicted molar refractivity (Wildman–Crippen MR) is 128 cm³/mol. The van der Waals surface area contributed by atoms with Crippen LogP contribution in [0.15, 0.2) is 52.4 Å². The highest BCUT2D eigenvalue weighted by atomic mass is 16.5. The largest absolute Gasteiger partial charge is 0.493 e. The molecule has 0 fully saturated rings. The lowest BCUT2D eigenvalue weighted by atomic mass is 10.2. The van der Waals surface area contributed by atoms with E-state index >= 15 is 0 Å². The fourth-order valence-corrected chi connectivity index (χ4v) is 2.79. The molecule has 0 aliphatic rings. The van der Waals surface area contributed by atoms with Gasteiger partial charge in [0.15, 0.2) is 23.9 Å². The van der Waals surface area contributed by atoms with E-state index in [0.29, 0.717) is 34.0 Å². The Labute approximate surface area is 200 Å². The first-order valence-corrected chi connectivity index (χ1v) is 10.5. The van der Waals surface area contributed by atoms with Crippen LogP contribution in [0, 0.1) is 6.92 Å². The molecule has 0 spiro atoms. The molecule has 0 atom stereocenters. The zero-order valence-electron chi connectivity index (χ0n) is 19.3. The first-order chi connectivity index (χ1) is 16.9. The van der Waals surface area contributed by atoms with Crippen LogP contribution in [0.5, 0.6) is 11.5 Å². The van der Waals surface area contributed by atoms with Crippen molar-refractivity contribution < 1.29 is 23.8 Å². The summed E-state index contributed by atoms with van der Waals surface area (Å²) in [5, 5.41) is 12.8. The summed E-state index contributed by atoms with van der Waals surface area (Å²) < 4.78 is 15.9. The highest BCUT2D eigenvalue weighted by molar-refractivity contribution is 5.93. The number of aromatic amines is 1. The molecule has 3 rings (SSSR count). The van der Waals surface area contributed by atoms with Crippen LogP contribution in [-0.2, 0) is 9.53 Å². The number of aromatic nitrogens is 3. The second-order valence-corrected chi connectivity index (χ2v) is 6.99. The Balaban J connectivity index is 1.56.